The zero-order valence-electron chi connectivity index (χ0n) is 14.1. The summed E-state index contributed by atoms with van der Waals surface area (Å²) in [6.07, 6.45) is 4.43. The molecule has 2 aliphatic rings. The highest BCUT2D eigenvalue weighted by atomic mass is 16.1. The van der Waals surface area contributed by atoms with Crippen molar-refractivity contribution in [2.24, 2.45) is 5.92 Å². The van der Waals surface area contributed by atoms with Crippen molar-refractivity contribution >= 4 is 28.8 Å². The number of nitrogens with one attached hydrogen (secondary N) is 4. The van der Waals surface area contributed by atoms with Gasteiger partial charge in [0.15, 0.2) is 0 Å². The van der Waals surface area contributed by atoms with Crippen LogP contribution in [0.1, 0.15) is 24.8 Å². The molecule has 1 aliphatic heterocycles. The van der Waals surface area contributed by atoms with Gasteiger partial charge in [-0.3, -0.25) is 4.79 Å². The maximum absolute atomic E-state index is 11.8. The quantitative estimate of drug-likeness (QED) is 0.645. The number of amides is 1. The van der Waals surface area contributed by atoms with E-state index < -0.39 is 0 Å². The van der Waals surface area contributed by atoms with Crippen LogP contribution in [0, 0.1) is 11.3 Å². The van der Waals surface area contributed by atoms with Crippen LogP contribution in [0.3, 0.4) is 0 Å². The summed E-state index contributed by atoms with van der Waals surface area (Å²) in [5.41, 5.74) is 5.15. The number of benzene rings is 1. The van der Waals surface area contributed by atoms with Crippen molar-refractivity contribution in [3.63, 3.8) is 0 Å². The van der Waals surface area contributed by atoms with Crippen molar-refractivity contribution in [1.29, 1.82) is 5.41 Å². The van der Waals surface area contributed by atoms with Gasteiger partial charge in [0, 0.05) is 54.5 Å². The fraction of sp³-hybridized carbons (Fsp3) is 0.316. The first-order chi connectivity index (χ1) is 12.2. The van der Waals surface area contributed by atoms with E-state index in [1.54, 1.807) is 0 Å². The highest BCUT2D eigenvalue weighted by Crippen LogP contribution is 2.38. The van der Waals surface area contributed by atoms with Crippen molar-refractivity contribution in [3.05, 3.63) is 36.0 Å². The third kappa shape index (κ3) is 2.95. The first-order valence-electron chi connectivity index (χ1n) is 8.61. The van der Waals surface area contributed by atoms with Gasteiger partial charge in [0.1, 0.15) is 5.82 Å². The third-order valence-corrected chi connectivity index (χ3v) is 4.70. The van der Waals surface area contributed by atoms with Crippen LogP contribution in [0.15, 0.2) is 30.5 Å². The molecule has 0 spiro atoms. The van der Waals surface area contributed by atoms with Crippen LogP contribution in [0.4, 0.5) is 17.2 Å². The molecule has 6 nitrogen and oxygen atoms in total. The Morgan fingerprint density at radius 1 is 1.36 bits per heavy atom. The Hall–Kier alpha value is -2.89. The van der Waals surface area contributed by atoms with Gasteiger partial charge < -0.3 is 21.4 Å². The molecular weight excluding hydrogens is 314 g/mol. The largest absolute Gasteiger partial charge is 0.382 e. The maximum Gasteiger partial charge on any atom is 0.226 e. The summed E-state index contributed by atoms with van der Waals surface area (Å²) in [7, 11) is 1.83. The van der Waals surface area contributed by atoms with Crippen molar-refractivity contribution in [1.82, 2.24) is 4.98 Å². The van der Waals surface area contributed by atoms with Crippen LogP contribution in [-0.2, 0) is 4.79 Å². The van der Waals surface area contributed by atoms with Gasteiger partial charge in [0.2, 0.25) is 5.91 Å². The molecule has 2 aromatic rings. The Morgan fingerprint density at radius 3 is 2.96 bits per heavy atom. The second kappa shape index (κ2) is 6.20. The van der Waals surface area contributed by atoms with E-state index in [0.717, 1.165) is 46.7 Å². The number of hydrogen-bond acceptors (Lipinski definition) is 5. The zero-order valence-corrected chi connectivity index (χ0v) is 14.1. The topological polar surface area (TPSA) is 89.9 Å². The molecule has 1 fully saturated rings. The molecule has 128 valence electrons. The highest BCUT2D eigenvalue weighted by molar-refractivity contribution is 6.06. The van der Waals surface area contributed by atoms with Crippen molar-refractivity contribution in [2.75, 3.05) is 29.5 Å². The molecule has 6 heteroatoms. The van der Waals surface area contributed by atoms with E-state index in [4.69, 9.17) is 5.41 Å². The van der Waals surface area contributed by atoms with Crippen LogP contribution in [0.2, 0.25) is 0 Å². The van der Waals surface area contributed by atoms with E-state index in [9.17, 15) is 4.79 Å². The van der Waals surface area contributed by atoms with Gasteiger partial charge in [-0.25, -0.2) is 4.98 Å². The number of fused-ring (bicyclic) bond motifs is 1. The van der Waals surface area contributed by atoms with Crippen LogP contribution in [-0.4, -0.2) is 30.2 Å². The maximum atomic E-state index is 11.8. The fourth-order valence-corrected chi connectivity index (χ4v) is 3.21. The highest BCUT2D eigenvalue weighted by Gasteiger charge is 2.29. The first-order valence-corrected chi connectivity index (χ1v) is 8.61. The molecule has 4 N–H and O–H groups in total. The Labute approximate surface area is 146 Å². The summed E-state index contributed by atoms with van der Waals surface area (Å²) in [4.78, 5) is 16.3. The molecule has 4 rings (SSSR count). The van der Waals surface area contributed by atoms with Gasteiger partial charge in [0.25, 0.3) is 0 Å². The lowest BCUT2D eigenvalue weighted by molar-refractivity contribution is -0.115. The van der Waals surface area contributed by atoms with Gasteiger partial charge in [0.05, 0.1) is 11.4 Å². The molecule has 1 aromatic carbocycles. The Balaban J connectivity index is 1.80. The first kappa shape index (κ1) is 15.6. The fourth-order valence-electron chi connectivity index (χ4n) is 3.21. The molecule has 25 heavy (non-hydrogen) atoms. The van der Waals surface area contributed by atoms with E-state index in [-0.39, 0.29) is 5.91 Å². The predicted octanol–water partition coefficient (Wildman–Crippen LogP) is 3.32. The average molecular weight is 335 g/mol. The van der Waals surface area contributed by atoms with Crippen LogP contribution in [0.5, 0.6) is 0 Å². The molecule has 2 heterocycles. The number of carbonyl (C=O) groups excluding carboxylic acids is 1. The number of para-hydroxylation sites is 1. The molecule has 0 bridgehead atoms. The van der Waals surface area contributed by atoms with Crippen LogP contribution in [0.25, 0.3) is 11.1 Å². The van der Waals surface area contributed by atoms with E-state index in [1.807, 2.05) is 37.5 Å². The van der Waals surface area contributed by atoms with E-state index in [1.165, 1.54) is 0 Å². The lowest BCUT2D eigenvalue weighted by atomic mass is 9.99. The SMILES string of the molecule is CNc1ncc(-c2cccc3c2NCCC(=O)N3)cc1C(=N)C1CC1. The number of rotatable bonds is 4. The molecule has 1 aromatic heterocycles. The minimum absolute atomic E-state index is 0.0169. The minimum Gasteiger partial charge on any atom is -0.382 e. The number of anilines is 3. The van der Waals surface area contributed by atoms with Gasteiger partial charge in [-0.2, -0.15) is 0 Å². The second-order valence-electron chi connectivity index (χ2n) is 6.51. The molecule has 0 radical (unpaired) electrons. The molecule has 0 unspecified atom stereocenters. The summed E-state index contributed by atoms with van der Waals surface area (Å²) in [5, 5.41) is 17.8. The van der Waals surface area contributed by atoms with Gasteiger partial charge in [-0.05, 0) is 25.0 Å². The van der Waals surface area contributed by atoms with Gasteiger partial charge in [-0.15, -0.1) is 0 Å². The normalized spacial score (nSPS) is 16.3. The standard InChI is InChI=1S/C19H21N5O/c1-21-19-14(17(20)11-5-6-11)9-12(10-23-19)13-3-2-4-15-18(13)22-8-7-16(25)24-15/h2-4,9-11,20,22H,5-8H2,1H3,(H,21,23)(H,24,25). The van der Waals surface area contributed by atoms with Gasteiger partial charge >= 0.3 is 0 Å². The third-order valence-electron chi connectivity index (χ3n) is 4.70. The zero-order chi connectivity index (χ0) is 17.4. The molecule has 0 atom stereocenters. The molecule has 1 saturated carbocycles. The van der Waals surface area contributed by atoms with Crippen molar-refractivity contribution in [3.8, 4) is 11.1 Å². The minimum atomic E-state index is 0.0169. The summed E-state index contributed by atoms with van der Waals surface area (Å²) in [6.45, 7) is 0.600. The smallest absolute Gasteiger partial charge is 0.226 e. The second-order valence-corrected chi connectivity index (χ2v) is 6.51. The molecular formula is C19H21N5O. The Kier molecular flexibility index (Phi) is 3.87. The lowest BCUT2D eigenvalue weighted by Crippen LogP contribution is -2.10. The molecule has 1 aliphatic carbocycles. The molecule has 1 amide bonds. The monoisotopic (exact) mass is 335 g/mol. The van der Waals surface area contributed by atoms with Crippen molar-refractivity contribution in [2.45, 2.75) is 19.3 Å². The number of pyridine rings is 1. The summed E-state index contributed by atoms with van der Waals surface area (Å²) >= 11 is 0. The lowest BCUT2D eigenvalue weighted by Gasteiger charge is -2.16. The summed E-state index contributed by atoms with van der Waals surface area (Å²) < 4.78 is 0. The van der Waals surface area contributed by atoms with Crippen molar-refractivity contribution < 1.29 is 4.79 Å². The number of carbonyl (C=O) groups is 1. The van der Waals surface area contributed by atoms with E-state index >= 15 is 0 Å². The summed E-state index contributed by atoms with van der Waals surface area (Å²) in [5.74, 6) is 1.11. The van der Waals surface area contributed by atoms with Crippen LogP contribution < -0.4 is 16.0 Å². The Bertz CT molecular complexity index is 857. The van der Waals surface area contributed by atoms with Gasteiger partial charge in [-0.1, -0.05) is 12.1 Å². The summed E-state index contributed by atoms with van der Waals surface area (Å²) in [6, 6.07) is 7.88. The van der Waals surface area contributed by atoms with E-state index in [2.05, 4.69) is 20.9 Å². The number of nitrogens with zero attached hydrogens (tertiary/aromatic N) is 1. The number of aromatic nitrogens is 1. The van der Waals surface area contributed by atoms with Crippen LogP contribution >= 0.6 is 0 Å². The van der Waals surface area contributed by atoms with E-state index in [0.29, 0.717) is 24.6 Å². The number of hydrogen-bond donors (Lipinski definition) is 4. The Morgan fingerprint density at radius 2 is 2.20 bits per heavy atom. The predicted molar refractivity (Wildman–Crippen MR) is 101 cm³/mol. The molecule has 0 saturated heterocycles. The average Bonchev–Trinajstić information content (AvgIpc) is 3.47.